The molecule has 0 aromatic heterocycles. The van der Waals surface area contributed by atoms with E-state index in [0.29, 0.717) is 5.92 Å². The Labute approximate surface area is 117 Å². The van der Waals surface area contributed by atoms with Crippen molar-refractivity contribution in [1.29, 1.82) is 0 Å². The van der Waals surface area contributed by atoms with E-state index in [2.05, 4.69) is 12.2 Å². The van der Waals surface area contributed by atoms with Crippen LogP contribution in [0, 0.1) is 17.8 Å². The number of amides is 1. The van der Waals surface area contributed by atoms with E-state index in [1.807, 2.05) is 0 Å². The van der Waals surface area contributed by atoms with Crippen LogP contribution in [0.3, 0.4) is 0 Å². The normalized spacial score (nSPS) is 33.1. The molecule has 0 aromatic rings. The van der Waals surface area contributed by atoms with Crippen LogP contribution < -0.4 is 11.1 Å². The first-order valence-electron chi connectivity index (χ1n) is 8.21. The highest BCUT2D eigenvalue weighted by Gasteiger charge is 2.33. The molecule has 3 unspecified atom stereocenters. The predicted octanol–water partition coefficient (Wildman–Crippen LogP) is 2.84. The standard InChI is InChI=1S/C16H30N2O/c1-12-6-5-9-14(17)15(12)16(19)18-11-10-13-7-3-2-4-8-13/h12-15H,2-11,17H2,1H3,(H,18,19). The average molecular weight is 266 g/mol. The highest BCUT2D eigenvalue weighted by Crippen LogP contribution is 2.29. The van der Waals surface area contributed by atoms with Crippen LogP contribution in [0.15, 0.2) is 0 Å². The van der Waals surface area contributed by atoms with Gasteiger partial charge in [0.05, 0.1) is 5.92 Å². The van der Waals surface area contributed by atoms with Crippen LogP contribution >= 0.6 is 0 Å². The molecule has 2 aliphatic carbocycles. The lowest BCUT2D eigenvalue weighted by Crippen LogP contribution is -2.47. The van der Waals surface area contributed by atoms with Crippen LogP contribution in [0.1, 0.15) is 64.7 Å². The lowest BCUT2D eigenvalue weighted by Gasteiger charge is -2.33. The summed E-state index contributed by atoms with van der Waals surface area (Å²) in [6.45, 7) is 3.02. The topological polar surface area (TPSA) is 55.1 Å². The highest BCUT2D eigenvalue weighted by molar-refractivity contribution is 5.79. The average Bonchev–Trinajstić information content (AvgIpc) is 2.40. The zero-order valence-corrected chi connectivity index (χ0v) is 12.4. The number of rotatable bonds is 4. The molecule has 3 nitrogen and oxygen atoms in total. The molecule has 1 amide bonds. The summed E-state index contributed by atoms with van der Waals surface area (Å²) in [5.74, 6) is 1.53. The molecule has 0 radical (unpaired) electrons. The van der Waals surface area contributed by atoms with E-state index in [-0.39, 0.29) is 17.9 Å². The lowest BCUT2D eigenvalue weighted by atomic mass is 9.76. The SMILES string of the molecule is CC1CCCC(N)C1C(=O)NCCC1CCCCC1. The maximum absolute atomic E-state index is 12.3. The summed E-state index contributed by atoms with van der Waals surface area (Å²) in [4.78, 5) is 12.3. The molecule has 3 N–H and O–H groups in total. The summed E-state index contributed by atoms with van der Waals surface area (Å²) >= 11 is 0. The first-order chi connectivity index (χ1) is 9.18. The van der Waals surface area contributed by atoms with Gasteiger partial charge in [-0.2, -0.15) is 0 Å². The Hall–Kier alpha value is -0.570. The second-order valence-corrected chi connectivity index (χ2v) is 6.68. The maximum Gasteiger partial charge on any atom is 0.224 e. The Morgan fingerprint density at radius 2 is 1.84 bits per heavy atom. The summed E-state index contributed by atoms with van der Waals surface area (Å²) in [5, 5.41) is 3.14. The molecule has 0 aliphatic heterocycles. The van der Waals surface area contributed by atoms with Gasteiger partial charge in [-0.3, -0.25) is 4.79 Å². The van der Waals surface area contributed by atoms with E-state index < -0.39 is 0 Å². The van der Waals surface area contributed by atoms with Crippen LogP contribution in [0.5, 0.6) is 0 Å². The number of nitrogens with one attached hydrogen (secondary N) is 1. The molecule has 110 valence electrons. The van der Waals surface area contributed by atoms with Gasteiger partial charge in [0.25, 0.3) is 0 Å². The molecule has 0 saturated heterocycles. The van der Waals surface area contributed by atoms with Gasteiger partial charge >= 0.3 is 0 Å². The fourth-order valence-corrected chi connectivity index (χ4v) is 3.90. The third kappa shape index (κ3) is 4.20. The van der Waals surface area contributed by atoms with E-state index in [1.54, 1.807) is 0 Å². The van der Waals surface area contributed by atoms with Crippen LogP contribution in [0.25, 0.3) is 0 Å². The minimum Gasteiger partial charge on any atom is -0.356 e. The maximum atomic E-state index is 12.3. The Kier molecular flexibility index (Phi) is 5.68. The van der Waals surface area contributed by atoms with E-state index in [1.165, 1.54) is 38.5 Å². The lowest BCUT2D eigenvalue weighted by molar-refractivity contribution is -0.128. The number of nitrogens with two attached hydrogens (primary N) is 1. The molecule has 0 aromatic carbocycles. The summed E-state index contributed by atoms with van der Waals surface area (Å²) in [6, 6.07) is 0.0680. The summed E-state index contributed by atoms with van der Waals surface area (Å²) in [5.41, 5.74) is 6.12. The van der Waals surface area contributed by atoms with E-state index in [4.69, 9.17) is 5.73 Å². The molecular weight excluding hydrogens is 236 g/mol. The largest absolute Gasteiger partial charge is 0.356 e. The van der Waals surface area contributed by atoms with E-state index in [0.717, 1.165) is 31.7 Å². The molecule has 0 bridgehead atoms. The predicted molar refractivity (Wildman–Crippen MR) is 78.7 cm³/mol. The Morgan fingerprint density at radius 3 is 2.53 bits per heavy atom. The molecule has 0 heterocycles. The number of hydrogen-bond donors (Lipinski definition) is 2. The van der Waals surface area contributed by atoms with Crippen LogP contribution in [-0.2, 0) is 4.79 Å². The van der Waals surface area contributed by atoms with Gasteiger partial charge in [0.15, 0.2) is 0 Å². The first-order valence-corrected chi connectivity index (χ1v) is 8.21. The highest BCUT2D eigenvalue weighted by atomic mass is 16.1. The molecule has 0 spiro atoms. The summed E-state index contributed by atoms with van der Waals surface area (Å²) in [7, 11) is 0. The Balaban J connectivity index is 1.70. The summed E-state index contributed by atoms with van der Waals surface area (Å²) in [6.07, 6.45) is 11.4. The fraction of sp³-hybridized carbons (Fsp3) is 0.938. The zero-order valence-electron chi connectivity index (χ0n) is 12.4. The van der Waals surface area contributed by atoms with Crippen LogP contribution in [-0.4, -0.2) is 18.5 Å². The Morgan fingerprint density at radius 1 is 1.11 bits per heavy atom. The number of carbonyl (C=O) groups excluding carboxylic acids is 1. The second-order valence-electron chi connectivity index (χ2n) is 6.68. The van der Waals surface area contributed by atoms with Crippen molar-refractivity contribution in [3.05, 3.63) is 0 Å². The van der Waals surface area contributed by atoms with Crippen molar-refractivity contribution < 1.29 is 4.79 Å². The first kappa shape index (κ1) is 14.8. The molecule has 2 fully saturated rings. The molecule has 2 aliphatic rings. The van der Waals surface area contributed by atoms with E-state index >= 15 is 0 Å². The van der Waals surface area contributed by atoms with Crippen molar-refractivity contribution >= 4 is 5.91 Å². The van der Waals surface area contributed by atoms with Gasteiger partial charge in [0, 0.05) is 12.6 Å². The quantitative estimate of drug-likeness (QED) is 0.822. The summed E-state index contributed by atoms with van der Waals surface area (Å²) < 4.78 is 0. The minimum absolute atomic E-state index is 0.0418. The third-order valence-corrected chi connectivity index (χ3v) is 5.15. The van der Waals surface area contributed by atoms with Gasteiger partial charge in [-0.15, -0.1) is 0 Å². The minimum atomic E-state index is 0.0418. The second kappa shape index (κ2) is 7.28. The van der Waals surface area contributed by atoms with Gasteiger partial charge in [0.2, 0.25) is 5.91 Å². The van der Waals surface area contributed by atoms with Crippen molar-refractivity contribution in [3.63, 3.8) is 0 Å². The Bertz CT molecular complexity index is 276. The van der Waals surface area contributed by atoms with Crippen molar-refractivity contribution in [3.8, 4) is 0 Å². The molecule has 2 rings (SSSR count). The number of hydrogen-bond acceptors (Lipinski definition) is 2. The zero-order chi connectivity index (χ0) is 13.7. The molecule has 3 heteroatoms. The smallest absolute Gasteiger partial charge is 0.224 e. The van der Waals surface area contributed by atoms with Crippen LogP contribution in [0.4, 0.5) is 0 Å². The van der Waals surface area contributed by atoms with Gasteiger partial charge in [-0.25, -0.2) is 0 Å². The third-order valence-electron chi connectivity index (χ3n) is 5.15. The molecule has 19 heavy (non-hydrogen) atoms. The number of carbonyl (C=O) groups is 1. The molecule has 3 atom stereocenters. The van der Waals surface area contributed by atoms with Gasteiger partial charge in [-0.05, 0) is 31.1 Å². The molecular formula is C16H30N2O. The van der Waals surface area contributed by atoms with Crippen molar-refractivity contribution in [2.75, 3.05) is 6.54 Å². The monoisotopic (exact) mass is 266 g/mol. The van der Waals surface area contributed by atoms with Gasteiger partial charge in [0.1, 0.15) is 0 Å². The molecule has 2 saturated carbocycles. The van der Waals surface area contributed by atoms with Crippen molar-refractivity contribution in [2.24, 2.45) is 23.5 Å². The fourth-order valence-electron chi connectivity index (χ4n) is 3.90. The van der Waals surface area contributed by atoms with E-state index in [9.17, 15) is 4.79 Å². The van der Waals surface area contributed by atoms with Gasteiger partial charge in [-0.1, -0.05) is 45.4 Å². The van der Waals surface area contributed by atoms with Gasteiger partial charge < -0.3 is 11.1 Å². The van der Waals surface area contributed by atoms with Crippen molar-refractivity contribution in [1.82, 2.24) is 5.32 Å². The van der Waals surface area contributed by atoms with Crippen LogP contribution in [0.2, 0.25) is 0 Å². The van der Waals surface area contributed by atoms with Crippen molar-refractivity contribution in [2.45, 2.75) is 70.8 Å².